The Bertz CT molecular complexity index is 308. The molecular weight excluding hydrogens is 208 g/mol. The van der Waals surface area contributed by atoms with Gasteiger partial charge in [-0.05, 0) is 30.5 Å². The van der Waals surface area contributed by atoms with E-state index in [2.05, 4.69) is 57.1 Å². The van der Waals surface area contributed by atoms with Gasteiger partial charge in [-0.1, -0.05) is 40.7 Å². The highest BCUT2D eigenvalue weighted by Crippen LogP contribution is 2.26. The van der Waals surface area contributed by atoms with Crippen molar-refractivity contribution < 1.29 is 0 Å². The third-order valence-corrected chi connectivity index (χ3v) is 3.75. The standard InChI is InChI=1S/C15H26N2/c1-6-16-15(12(4)11(2)3)13(5)14-9-7-8-10-17-14/h7-13,15-16H,6H2,1-5H3. The number of rotatable bonds is 6. The van der Waals surface area contributed by atoms with E-state index in [0.717, 1.165) is 6.54 Å². The zero-order valence-corrected chi connectivity index (χ0v) is 11.8. The molecule has 17 heavy (non-hydrogen) atoms. The molecule has 96 valence electrons. The quantitative estimate of drug-likeness (QED) is 0.815. The minimum Gasteiger partial charge on any atom is -0.313 e. The summed E-state index contributed by atoms with van der Waals surface area (Å²) >= 11 is 0. The predicted molar refractivity (Wildman–Crippen MR) is 74.1 cm³/mol. The molecule has 1 aromatic heterocycles. The van der Waals surface area contributed by atoms with E-state index in [0.29, 0.717) is 23.8 Å². The number of pyridine rings is 1. The summed E-state index contributed by atoms with van der Waals surface area (Å²) < 4.78 is 0. The van der Waals surface area contributed by atoms with E-state index in [-0.39, 0.29) is 0 Å². The summed E-state index contributed by atoms with van der Waals surface area (Å²) in [6, 6.07) is 6.67. The molecule has 0 aliphatic carbocycles. The molecule has 1 aromatic rings. The van der Waals surface area contributed by atoms with Crippen LogP contribution in [0.1, 0.15) is 46.2 Å². The lowest BCUT2D eigenvalue weighted by molar-refractivity contribution is 0.271. The van der Waals surface area contributed by atoms with E-state index < -0.39 is 0 Å². The van der Waals surface area contributed by atoms with Crippen LogP contribution in [0, 0.1) is 11.8 Å². The molecule has 0 aromatic carbocycles. The second-order valence-electron chi connectivity index (χ2n) is 5.23. The second-order valence-corrected chi connectivity index (χ2v) is 5.23. The normalized spacial score (nSPS) is 16.8. The molecule has 1 N–H and O–H groups in total. The summed E-state index contributed by atoms with van der Waals surface area (Å²) in [5.74, 6) is 1.78. The van der Waals surface area contributed by atoms with E-state index in [1.165, 1.54) is 5.69 Å². The van der Waals surface area contributed by atoms with Crippen molar-refractivity contribution in [2.24, 2.45) is 11.8 Å². The van der Waals surface area contributed by atoms with Crippen molar-refractivity contribution in [2.75, 3.05) is 6.54 Å². The number of aromatic nitrogens is 1. The lowest BCUT2D eigenvalue weighted by atomic mass is 9.82. The molecule has 3 unspecified atom stereocenters. The van der Waals surface area contributed by atoms with Crippen molar-refractivity contribution in [3.63, 3.8) is 0 Å². The average molecular weight is 234 g/mol. The van der Waals surface area contributed by atoms with Crippen LogP contribution in [0.25, 0.3) is 0 Å². The van der Waals surface area contributed by atoms with Crippen LogP contribution in [-0.4, -0.2) is 17.6 Å². The summed E-state index contributed by atoms with van der Waals surface area (Å²) in [6.45, 7) is 12.4. The van der Waals surface area contributed by atoms with Crippen molar-refractivity contribution in [3.8, 4) is 0 Å². The molecule has 0 saturated heterocycles. The highest BCUT2D eigenvalue weighted by molar-refractivity contribution is 5.11. The maximum absolute atomic E-state index is 4.48. The van der Waals surface area contributed by atoms with Crippen LogP contribution in [-0.2, 0) is 0 Å². The summed E-state index contributed by atoms with van der Waals surface area (Å²) in [5, 5.41) is 3.62. The minimum atomic E-state index is 0.452. The van der Waals surface area contributed by atoms with E-state index in [4.69, 9.17) is 0 Å². The Morgan fingerprint density at radius 3 is 2.35 bits per heavy atom. The molecule has 1 heterocycles. The van der Waals surface area contributed by atoms with Crippen LogP contribution in [0.4, 0.5) is 0 Å². The van der Waals surface area contributed by atoms with Crippen LogP contribution in [0.2, 0.25) is 0 Å². The first kappa shape index (κ1) is 14.2. The first-order valence-electron chi connectivity index (χ1n) is 6.72. The van der Waals surface area contributed by atoms with Gasteiger partial charge in [0, 0.05) is 23.9 Å². The van der Waals surface area contributed by atoms with E-state index in [1.54, 1.807) is 0 Å². The van der Waals surface area contributed by atoms with Crippen LogP contribution in [0.5, 0.6) is 0 Å². The molecule has 0 amide bonds. The second kappa shape index (κ2) is 6.75. The number of hydrogen-bond donors (Lipinski definition) is 1. The number of hydrogen-bond acceptors (Lipinski definition) is 2. The number of likely N-dealkylation sites (N-methyl/N-ethyl adjacent to an activating group) is 1. The number of nitrogens with zero attached hydrogens (tertiary/aromatic N) is 1. The fraction of sp³-hybridized carbons (Fsp3) is 0.667. The fourth-order valence-electron chi connectivity index (χ4n) is 2.30. The molecular formula is C15H26N2. The van der Waals surface area contributed by atoms with Gasteiger partial charge in [-0.2, -0.15) is 0 Å². The first-order valence-corrected chi connectivity index (χ1v) is 6.72. The maximum Gasteiger partial charge on any atom is 0.0447 e. The summed E-state index contributed by atoms with van der Waals surface area (Å²) in [5.41, 5.74) is 1.19. The van der Waals surface area contributed by atoms with Gasteiger partial charge in [-0.15, -0.1) is 0 Å². The molecule has 0 aliphatic heterocycles. The maximum atomic E-state index is 4.48. The van der Waals surface area contributed by atoms with Crippen LogP contribution in [0.15, 0.2) is 24.4 Å². The monoisotopic (exact) mass is 234 g/mol. The van der Waals surface area contributed by atoms with E-state index in [1.807, 2.05) is 12.3 Å². The molecule has 0 fully saturated rings. The minimum absolute atomic E-state index is 0.452. The van der Waals surface area contributed by atoms with Gasteiger partial charge in [0.05, 0.1) is 0 Å². The van der Waals surface area contributed by atoms with Gasteiger partial charge < -0.3 is 5.32 Å². The molecule has 3 atom stereocenters. The molecule has 0 saturated carbocycles. The van der Waals surface area contributed by atoms with Crippen LogP contribution < -0.4 is 5.32 Å². The highest BCUT2D eigenvalue weighted by atomic mass is 14.9. The molecule has 2 heteroatoms. The van der Waals surface area contributed by atoms with Crippen molar-refractivity contribution >= 4 is 0 Å². The first-order chi connectivity index (χ1) is 8.07. The fourth-order valence-corrected chi connectivity index (χ4v) is 2.30. The Morgan fingerprint density at radius 2 is 1.88 bits per heavy atom. The van der Waals surface area contributed by atoms with E-state index in [9.17, 15) is 0 Å². The Hall–Kier alpha value is -0.890. The lowest BCUT2D eigenvalue weighted by Crippen LogP contribution is -2.41. The van der Waals surface area contributed by atoms with Crippen molar-refractivity contribution in [1.29, 1.82) is 0 Å². The number of nitrogens with one attached hydrogen (secondary N) is 1. The molecule has 0 aliphatic rings. The van der Waals surface area contributed by atoms with Crippen molar-refractivity contribution in [3.05, 3.63) is 30.1 Å². The Morgan fingerprint density at radius 1 is 1.18 bits per heavy atom. The highest BCUT2D eigenvalue weighted by Gasteiger charge is 2.26. The van der Waals surface area contributed by atoms with Crippen LogP contribution >= 0.6 is 0 Å². The summed E-state index contributed by atoms with van der Waals surface area (Å²) in [7, 11) is 0. The lowest BCUT2D eigenvalue weighted by Gasteiger charge is -2.32. The van der Waals surface area contributed by atoms with Crippen molar-refractivity contribution in [1.82, 2.24) is 10.3 Å². The third-order valence-electron chi connectivity index (χ3n) is 3.75. The summed E-state index contributed by atoms with van der Waals surface area (Å²) in [4.78, 5) is 4.48. The smallest absolute Gasteiger partial charge is 0.0447 e. The van der Waals surface area contributed by atoms with Crippen LogP contribution in [0.3, 0.4) is 0 Å². The Balaban J connectivity index is 2.83. The Kier molecular flexibility index (Phi) is 5.63. The van der Waals surface area contributed by atoms with Gasteiger partial charge in [0.1, 0.15) is 0 Å². The zero-order chi connectivity index (χ0) is 12.8. The van der Waals surface area contributed by atoms with Gasteiger partial charge in [0.2, 0.25) is 0 Å². The predicted octanol–water partition coefficient (Wildman–Crippen LogP) is 3.46. The Labute approximate surface area is 106 Å². The molecule has 0 radical (unpaired) electrons. The average Bonchev–Trinajstić information content (AvgIpc) is 2.35. The van der Waals surface area contributed by atoms with Gasteiger partial charge in [0.25, 0.3) is 0 Å². The van der Waals surface area contributed by atoms with Gasteiger partial charge in [-0.3, -0.25) is 4.98 Å². The van der Waals surface area contributed by atoms with Gasteiger partial charge >= 0.3 is 0 Å². The largest absolute Gasteiger partial charge is 0.313 e. The van der Waals surface area contributed by atoms with Gasteiger partial charge in [-0.25, -0.2) is 0 Å². The molecule has 0 spiro atoms. The SMILES string of the molecule is CCNC(C(C)c1ccccn1)C(C)C(C)C. The topological polar surface area (TPSA) is 24.9 Å². The molecule has 1 rings (SSSR count). The third kappa shape index (κ3) is 3.81. The summed E-state index contributed by atoms with van der Waals surface area (Å²) in [6.07, 6.45) is 1.88. The van der Waals surface area contributed by atoms with Gasteiger partial charge in [0.15, 0.2) is 0 Å². The van der Waals surface area contributed by atoms with Crippen molar-refractivity contribution in [2.45, 2.75) is 46.6 Å². The molecule has 0 bridgehead atoms. The van der Waals surface area contributed by atoms with E-state index >= 15 is 0 Å². The zero-order valence-electron chi connectivity index (χ0n) is 11.8. The molecule has 2 nitrogen and oxygen atoms in total.